The highest BCUT2D eigenvalue weighted by Gasteiger charge is 2.49. The Hall–Kier alpha value is -7.77. The van der Waals surface area contributed by atoms with E-state index in [1.54, 1.807) is 27.7 Å². The Bertz CT molecular complexity index is 3170. The number of nitrogens with zero attached hydrogens (tertiary/aromatic N) is 10. The fourth-order valence-electron chi connectivity index (χ4n) is 13.1. The molecule has 1 aliphatic carbocycles. The third-order valence-electron chi connectivity index (χ3n) is 20.0. The molecule has 1 saturated carbocycles. The number of carbonyl (C=O) groups is 13. The number of halogens is 6. The second-order valence-corrected chi connectivity index (χ2v) is 28.3. The zero-order valence-electron chi connectivity index (χ0n) is 60.6. The number of piperidine rings is 1. The molecule has 4 aliphatic rings. The number of ether oxygens (including phenoxy) is 1. The van der Waals surface area contributed by atoms with Crippen LogP contribution in [-0.4, -0.2) is 296 Å². The molecule has 4 fully saturated rings. The van der Waals surface area contributed by atoms with Gasteiger partial charge in [-0.25, -0.2) is 8.78 Å². The van der Waals surface area contributed by atoms with Crippen molar-refractivity contribution in [3.05, 3.63) is 34.3 Å². The number of hydrogen-bond donors (Lipinski definition) is 3. The number of methoxy groups -OCH3 is 1. The molecule has 2 unspecified atom stereocenters. The third kappa shape index (κ3) is 22.4. The maximum absolute atomic E-state index is 15.2. The minimum atomic E-state index is -4.85. The summed E-state index contributed by atoms with van der Waals surface area (Å²) in [6, 6.07) is -9.51. The number of amides is 13. The molecule has 101 heavy (non-hydrogen) atoms. The van der Waals surface area contributed by atoms with Crippen LogP contribution in [0.25, 0.3) is 0 Å². The van der Waals surface area contributed by atoms with Crippen LogP contribution in [0.3, 0.4) is 0 Å². The van der Waals surface area contributed by atoms with E-state index in [1.165, 1.54) is 68.3 Å². The SMILES string of the molecule is CCC(C)C1NC(=O)[C@H](C)N(C)C(=O)C[C@@H](C(=O)N2CCCCC2)N(C)C(=O)[C@H](C(C)C)N(C)C(=O)[C@H](COC)NC(=O)[C@H](CC(=O)N2CC(F)(F)C2)N(C)C(=O)[C@H](CCc2ccc(C(F)(F)F)c(Cl)c2)NC(=O)CN(C)C(=O)[C@H](CC2CCCCC2)N(C)C(=O)CN(C)C(=O)CN(C)C1=O. The summed E-state index contributed by atoms with van der Waals surface area (Å²) in [5, 5.41) is 7.10. The Balaban J connectivity index is 1.64. The number of rotatable bonds is 13. The molecule has 0 aromatic heterocycles. The van der Waals surface area contributed by atoms with Gasteiger partial charge in [0.2, 0.25) is 76.8 Å². The smallest absolute Gasteiger partial charge is 0.382 e. The Labute approximate surface area is 593 Å². The minimum absolute atomic E-state index is 0.0620. The van der Waals surface area contributed by atoms with E-state index in [0.29, 0.717) is 38.2 Å². The molecule has 0 bridgehead atoms. The summed E-state index contributed by atoms with van der Waals surface area (Å²) in [6.45, 7) is 3.90. The average molecular weight is 1460 g/mol. The van der Waals surface area contributed by atoms with Crippen molar-refractivity contribution in [1.82, 2.24) is 64.9 Å². The molecule has 0 spiro atoms. The lowest BCUT2D eigenvalue weighted by Gasteiger charge is -2.40. The lowest BCUT2D eigenvalue weighted by atomic mass is 9.84. The van der Waals surface area contributed by atoms with Gasteiger partial charge >= 0.3 is 6.18 Å². The quantitative estimate of drug-likeness (QED) is 0.240. The van der Waals surface area contributed by atoms with E-state index in [1.807, 2.05) is 0 Å². The van der Waals surface area contributed by atoms with Gasteiger partial charge in [0.15, 0.2) is 0 Å². The fraction of sp³-hybridized carbons (Fsp3) is 0.721. The third-order valence-corrected chi connectivity index (χ3v) is 20.3. The van der Waals surface area contributed by atoms with Gasteiger partial charge in [-0.05, 0) is 80.9 Å². The number of hydrogen-bond acceptors (Lipinski definition) is 14. The molecular formula is C68H103ClF5N13O14. The maximum atomic E-state index is 15.2. The fourth-order valence-corrected chi connectivity index (χ4v) is 13.4. The van der Waals surface area contributed by atoms with Gasteiger partial charge in [-0.3, -0.25) is 62.3 Å². The average Bonchev–Trinajstić information content (AvgIpc) is 0.803. The molecule has 13 amide bonds. The lowest BCUT2D eigenvalue weighted by Crippen LogP contribution is -2.63. The maximum Gasteiger partial charge on any atom is 0.417 e. The van der Waals surface area contributed by atoms with Crippen LogP contribution in [0.2, 0.25) is 5.02 Å². The summed E-state index contributed by atoms with van der Waals surface area (Å²) >= 11 is 6.10. The Kier molecular flexibility index (Phi) is 30.6. The first-order chi connectivity index (χ1) is 47.2. The Morgan fingerprint density at radius 2 is 1.23 bits per heavy atom. The predicted octanol–water partition coefficient (Wildman–Crippen LogP) is 2.88. The first kappa shape index (κ1) is 83.9. The van der Waals surface area contributed by atoms with Crippen molar-refractivity contribution in [1.29, 1.82) is 0 Å². The van der Waals surface area contributed by atoms with Gasteiger partial charge in [0.1, 0.15) is 48.3 Å². The van der Waals surface area contributed by atoms with Gasteiger partial charge in [0.05, 0.1) is 62.8 Å². The molecule has 1 aromatic rings. The van der Waals surface area contributed by atoms with Crippen molar-refractivity contribution in [2.45, 2.75) is 185 Å². The summed E-state index contributed by atoms with van der Waals surface area (Å²) in [7, 11) is 11.3. The number of likely N-dealkylation sites (tertiary alicyclic amines) is 2. The van der Waals surface area contributed by atoms with Crippen LogP contribution < -0.4 is 16.0 Å². The van der Waals surface area contributed by atoms with E-state index >= 15 is 19.2 Å². The summed E-state index contributed by atoms with van der Waals surface area (Å²) in [6.07, 6.45) is -0.741. The highest BCUT2D eigenvalue weighted by Crippen LogP contribution is 2.36. The molecule has 3 heterocycles. The minimum Gasteiger partial charge on any atom is -0.382 e. The summed E-state index contributed by atoms with van der Waals surface area (Å²) < 4.78 is 75.7. The molecule has 5 rings (SSSR count). The van der Waals surface area contributed by atoms with Gasteiger partial charge in [-0.2, -0.15) is 13.2 Å². The predicted molar refractivity (Wildman–Crippen MR) is 360 cm³/mol. The zero-order valence-corrected chi connectivity index (χ0v) is 61.4. The van der Waals surface area contributed by atoms with Crippen molar-refractivity contribution >= 4 is 88.4 Å². The molecule has 1 aromatic carbocycles. The molecule has 0 radical (unpaired) electrons. The largest absolute Gasteiger partial charge is 0.417 e. The topological polar surface area (TPSA) is 300 Å². The van der Waals surface area contributed by atoms with Crippen LogP contribution in [0.4, 0.5) is 22.0 Å². The highest BCUT2D eigenvalue weighted by molar-refractivity contribution is 6.31. The number of likely N-dealkylation sites (N-methyl/N-ethyl adjacent to an activating group) is 8. The van der Waals surface area contributed by atoms with Gasteiger partial charge < -0.3 is 69.7 Å². The molecular weight excluding hydrogens is 1350 g/mol. The van der Waals surface area contributed by atoms with Crippen LogP contribution in [0.1, 0.15) is 129 Å². The van der Waals surface area contributed by atoms with Gasteiger partial charge in [-0.1, -0.05) is 83.9 Å². The number of aryl methyl sites for hydroxylation is 1. The number of benzene rings is 1. The number of nitrogens with one attached hydrogen (secondary N) is 3. The number of alkyl halides is 5. The molecule has 566 valence electrons. The van der Waals surface area contributed by atoms with Gasteiger partial charge in [0, 0.05) is 76.6 Å². The number of carbonyl (C=O) groups excluding carboxylic acids is 13. The van der Waals surface area contributed by atoms with Crippen molar-refractivity contribution in [2.75, 3.05) is 116 Å². The van der Waals surface area contributed by atoms with Crippen LogP contribution in [0, 0.1) is 17.8 Å². The Morgan fingerprint density at radius 3 is 1.79 bits per heavy atom. The first-order valence-corrected chi connectivity index (χ1v) is 34.8. The first-order valence-electron chi connectivity index (χ1n) is 34.4. The van der Waals surface area contributed by atoms with E-state index in [2.05, 4.69) is 16.0 Å². The van der Waals surface area contributed by atoms with Crippen LogP contribution in [-0.2, 0) is 79.7 Å². The van der Waals surface area contributed by atoms with Gasteiger partial charge in [-0.15, -0.1) is 0 Å². The van der Waals surface area contributed by atoms with Crippen LogP contribution >= 0.6 is 11.6 Å². The van der Waals surface area contributed by atoms with E-state index in [0.717, 1.165) is 89.0 Å². The monoisotopic (exact) mass is 1460 g/mol. The second-order valence-electron chi connectivity index (χ2n) is 27.9. The summed E-state index contributed by atoms with van der Waals surface area (Å²) in [5.41, 5.74) is -1.03. The molecule has 3 aliphatic heterocycles. The van der Waals surface area contributed by atoms with Crippen molar-refractivity contribution < 1.29 is 89.0 Å². The highest BCUT2D eigenvalue weighted by atomic mass is 35.5. The summed E-state index contributed by atoms with van der Waals surface area (Å²) in [4.78, 5) is 200. The van der Waals surface area contributed by atoms with E-state index in [4.69, 9.17) is 16.3 Å². The van der Waals surface area contributed by atoms with E-state index in [9.17, 15) is 65.1 Å². The Morgan fingerprint density at radius 1 is 0.644 bits per heavy atom. The lowest BCUT2D eigenvalue weighted by molar-refractivity contribution is -0.168. The second kappa shape index (κ2) is 36.9. The van der Waals surface area contributed by atoms with Crippen molar-refractivity contribution in [3.8, 4) is 0 Å². The standard InChI is InChI=1S/C68H103ClF5N13O14/c1-15-41(4)57-65(99)80(8)35-55(91)78(6)36-56(92)82(10)50(31-43-22-18-16-19-23-43)63(97)79(7)34-52(88)75-47(27-25-44-24-26-45(46(69)30-44)68(72,73)74)61(95)83(11)49(32-54(90)87-38-67(70,71)39-87)60(94)76-48(37-101-14)62(96)85(13)58(40(2)3)66(100)84(12)51(64(98)86-28-20-17-21-29-86)33-53(89)81(9)42(5)59(93)77-57/h24,26,30,40-43,47-51,57-58H,15-23,25,27-29,31-39H2,1-14H3,(H,75,88)(H,76,94)(H,77,93)/t41?,42-,47-,48-,49-,50-,51-,57?,58-/m0/s1. The van der Waals surface area contributed by atoms with Crippen molar-refractivity contribution in [2.24, 2.45) is 17.8 Å². The van der Waals surface area contributed by atoms with Crippen molar-refractivity contribution in [3.63, 3.8) is 0 Å². The normalized spacial score (nSPS) is 25.9. The van der Waals surface area contributed by atoms with E-state index < -0.39 is 218 Å². The molecule has 9 atom stereocenters. The molecule has 3 N–H and O–H groups in total. The molecule has 3 saturated heterocycles. The van der Waals surface area contributed by atoms with E-state index in [-0.39, 0.29) is 37.4 Å². The zero-order chi connectivity index (χ0) is 75.9. The van der Waals surface area contributed by atoms with Gasteiger partial charge in [0.25, 0.3) is 5.92 Å². The van der Waals surface area contributed by atoms with Crippen LogP contribution in [0.15, 0.2) is 18.2 Å². The molecule has 33 heteroatoms. The molecule has 27 nitrogen and oxygen atoms in total. The van der Waals surface area contributed by atoms with Crippen LogP contribution in [0.5, 0.6) is 0 Å². The summed E-state index contributed by atoms with van der Waals surface area (Å²) in [5.74, 6) is -16.0.